The lowest BCUT2D eigenvalue weighted by molar-refractivity contribution is 0.0696. The van der Waals surface area contributed by atoms with E-state index >= 15 is 0 Å². The van der Waals surface area contributed by atoms with Crippen LogP contribution in [-0.2, 0) is 0 Å². The molecule has 0 radical (unpaired) electrons. The van der Waals surface area contributed by atoms with Crippen molar-refractivity contribution in [3.05, 3.63) is 23.4 Å². The molecule has 1 heterocycles. The molecule has 0 bridgehead atoms. The summed E-state index contributed by atoms with van der Waals surface area (Å²) < 4.78 is 0. The van der Waals surface area contributed by atoms with E-state index in [1.54, 1.807) is 6.07 Å². The smallest absolute Gasteiger partial charge is 0.337 e. The maximum Gasteiger partial charge on any atom is 0.337 e. The minimum atomic E-state index is -0.929. The van der Waals surface area contributed by atoms with Crippen molar-refractivity contribution < 1.29 is 9.90 Å². The van der Waals surface area contributed by atoms with Crippen LogP contribution < -0.4 is 4.90 Å². The molecule has 1 aromatic rings. The van der Waals surface area contributed by atoms with Gasteiger partial charge in [0.05, 0.1) is 5.56 Å². The van der Waals surface area contributed by atoms with Crippen molar-refractivity contribution in [3.63, 3.8) is 0 Å². The van der Waals surface area contributed by atoms with Crippen LogP contribution in [0.25, 0.3) is 0 Å². The second-order valence-electron chi connectivity index (χ2n) is 4.72. The number of carboxylic acids is 1. The van der Waals surface area contributed by atoms with Crippen LogP contribution in [0.5, 0.6) is 0 Å². The first kappa shape index (κ1) is 14.5. The Morgan fingerprint density at radius 1 is 1.50 bits per heavy atom. The number of nitrogens with zero attached hydrogens (tertiary/aromatic N) is 2. The minimum Gasteiger partial charge on any atom is -0.478 e. The Kier molecular flexibility index (Phi) is 5.13. The number of rotatable bonds is 6. The van der Waals surface area contributed by atoms with Crippen molar-refractivity contribution in [3.8, 4) is 0 Å². The van der Waals surface area contributed by atoms with Crippen LogP contribution in [0.15, 0.2) is 12.3 Å². The number of hydrogen-bond donors (Lipinski definition) is 1. The molecular weight excluding hydrogens is 228 g/mol. The largest absolute Gasteiger partial charge is 0.478 e. The second-order valence-corrected chi connectivity index (χ2v) is 4.72. The normalized spacial score (nSPS) is 12.2. The van der Waals surface area contributed by atoms with Crippen LogP contribution in [0.2, 0.25) is 0 Å². The lowest BCUT2D eigenvalue weighted by atomic mass is 10.1. The van der Waals surface area contributed by atoms with Crippen molar-refractivity contribution in [1.29, 1.82) is 0 Å². The van der Waals surface area contributed by atoms with Crippen LogP contribution in [0.3, 0.4) is 0 Å². The number of carbonyl (C=O) groups is 1. The summed E-state index contributed by atoms with van der Waals surface area (Å²) in [7, 11) is 0. The SMILES string of the molecule is CCC(C)CN(CC)c1ncc(C(=O)O)cc1C. The van der Waals surface area contributed by atoms with Gasteiger partial charge in [-0.15, -0.1) is 0 Å². The topological polar surface area (TPSA) is 53.4 Å². The first-order valence-corrected chi connectivity index (χ1v) is 6.44. The number of carboxylic acid groups (broad SMARTS) is 1. The molecule has 1 aromatic heterocycles. The highest BCUT2D eigenvalue weighted by Crippen LogP contribution is 2.19. The summed E-state index contributed by atoms with van der Waals surface area (Å²) in [5.74, 6) is 0.565. The molecule has 0 amide bonds. The summed E-state index contributed by atoms with van der Waals surface area (Å²) in [4.78, 5) is 17.4. The third-order valence-corrected chi connectivity index (χ3v) is 3.21. The molecule has 4 nitrogen and oxygen atoms in total. The molecule has 4 heteroatoms. The van der Waals surface area contributed by atoms with E-state index < -0.39 is 5.97 Å². The van der Waals surface area contributed by atoms with E-state index in [-0.39, 0.29) is 5.56 Å². The minimum absolute atomic E-state index is 0.246. The van der Waals surface area contributed by atoms with Crippen LogP contribution in [0, 0.1) is 12.8 Å². The number of hydrogen-bond acceptors (Lipinski definition) is 3. The molecule has 0 fully saturated rings. The molecular formula is C14H22N2O2. The average Bonchev–Trinajstić information content (AvgIpc) is 2.35. The number of pyridine rings is 1. The van der Waals surface area contributed by atoms with E-state index in [0.29, 0.717) is 5.92 Å². The molecule has 0 aromatic carbocycles. The summed E-state index contributed by atoms with van der Waals surface area (Å²) >= 11 is 0. The lowest BCUT2D eigenvalue weighted by Crippen LogP contribution is -2.29. The van der Waals surface area contributed by atoms with Gasteiger partial charge < -0.3 is 10.0 Å². The zero-order chi connectivity index (χ0) is 13.7. The van der Waals surface area contributed by atoms with Crippen molar-refractivity contribution in [1.82, 2.24) is 4.98 Å². The fraction of sp³-hybridized carbons (Fsp3) is 0.571. The van der Waals surface area contributed by atoms with E-state index in [1.807, 2.05) is 6.92 Å². The maximum absolute atomic E-state index is 10.9. The molecule has 18 heavy (non-hydrogen) atoms. The maximum atomic E-state index is 10.9. The molecule has 100 valence electrons. The monoisotopic (exact) mass is 250 g/mol. The molecule has 0 aliphatic carbocycles. The first-order valence-electron chi connectivity index (χ1n) is 6.44. The van der Waals surface area contributed by atoms with Gasteiger partial charge in [-0.3, -0.25) is 0 Å². The Balaban J connectivity index is 2.96. The van der Waals surface area contributed by atoms with Crippen LogP contribution in [0.1, 0.15) is 43.1 Å². The quantitative estimate of drug-likeness (QED) is 0.843. The summed E-state index contributed by atoms with van der Waals surface area (Å²) in [6.07, 6.45) is 2.56. The van der Waals surface area contributed by atoms with E-state index in [9.17, 15) is 4.79 Å². The molecule has 0 aliphatic rings. The van der Waals surface area contributed by atoms with Gasteiger partial charge in [-0.2, -0.15) is 0 Å². The van der Waals surface area contributed by atoms with Gasteiger partial charge in [-0.05, 0) is 31.4 Å². The molecule has 0 saturated heterocycles. The van der Waals surface area contributed by atoms with Crippen molar-refractivity contribution in [2.75, 3.05) is 18.0 Å². The molecule has 1 unspecified atom stereocenters. The van der Waals surface area contributed by atoms with Crippen molar-refractivity contribution in [2.24, 2.45) is 5.92 Å². The van der Waals surface area contributed by atoms with Gasteiger partial charge in [0.15, 0.2) is 0 Å². The highest BCUT2D eigenvalue weighted by atomic mass is 16.4. The first-order chi connectivity index (χ1) is 8.49. The predicted molar refractivity (Wildman–Crippen MR) is 73.3 cm³/mol. The number of aromatic carboxylic acids is 1. The number of aromatic nitrogens is 1. The fourth-order valence-electron chi connectivity index (χ4n) is 1.89. The van der Waals surface area contributed by atoms with Crippen molar-refractivity contribution >= 4 is 11.8 Å². The predicted octanol–water partition coefficient (Wildman–Crippen LogP) is 2.96. The van der Waals surface area contributed by atoms with Gasteiger partial charge in [0.1, 0.15) is 5.82 Å². The summed E-state index contributed by atoms with van der Waals surface area (Å²) in [5.41, 5.74) is 1.16. The third-order valence-electron chi connectivity index (χ3n) is 3.21. The molecule has 0 saturated carbocycles. The zero-order valence-corrected chi connectivity index (χ0v) is 11.6. The molecule has 1 atom stereocenters. The van der Waals surface area contributed by atoms with Gasteiger partial charge in [0, 0.05) is 19.3 Å². The van der Waals surface area contributed by atoms with Crippen LogP contribution in [-0.4, -0.2) is 29.1 Å². The van der Waals surface area contributed by atoms with Gasteiger partial charge in [0.2, 0.25) is 0 Å². The van der Waals surface area contributed by atoms with Crippen LogP contribution in [0.4, 0.5) is 5.82 Å². The Morgan fingerprint density at radius 3 is 2.61 bits per heavy atom. The van der Waals surface area contributed by atoms with E-state index in [2.05, 4.69) is 30.7 Å². The Morgan fingerprint density at radius 2 is 2.17 bits per heavy atom. The fourth-order valence-corrected chi connectivity index (χ4v) is 1.89. The second kappa shape index (κ2) is 6.38. The van der Waals surface area contributed by atoms with Gasteiger partial charge >= 0.3 is 5.97 Å². The van der Waals surface area contributed by atoms with Gasteiger partial charge in [0.25, 0.3) is 0 Å². The van der Waals surface area contributed by atoms with Crippen LogP contribution >= 0.6 is 0 Å². The van der Waals surface area contributed by atoms with E-state index in [4.69, 9.17) is 5.11 Å². The lowest BCUT2D eigenvalue weighted by Gasteiger charge is -2.26. The van der Waals surface area contributed by atoms with E-state index in [1.165, 1.54) is 6.20 Å². The highest BCUT2D eigenvalue weighted by Gasteiger charge is 2.14. The standard InChI is InChI=1S/C14H22N2O2/c1-5-10(3)9-16(6-2)13-11(4)7-12(8-15-13)14(17)18/h7-8,10H,5-6,9H2,1-4H3,(H,17,18). The molecule has 1 rings (SSSR count). The highest BCUT2D eigenvalue weighted by molar-refractivity contribution is 5.87. The molecule has 0 aliphatic heterocycles. The Bertz CT molecular complexity index is 418. The number of anilines is 1. The summed E-state index contributed by atoms with van der Waals surface area (Å²) in [6.45, 7) is 10.2. The molecule has 1 N–H and O–H groups in total. The number of aryl methyl sites for hydroxylation is 1. The summed E-state index contributed by atoms with van der Waals surface area (Å²) in [6, 6.07) is 1.68. The van der Waals surface area contributed by atoms with E-state index in [0.717, 1.165) is 30.9 Å². The van der Waals surface area contributed by atoms with Gasteiger partial charge in [-0.1, -0.05) is 20.3 Å². The Labute approximate surface area is 109 Å². The third kappa shape index (κ3) is 3.45. The van der Waals surface area contributed by atoms with Gasteiger partial charge in [-0.25, -0.2) is 9.78 Å². The Hall–Kier alpha value is -1.58. The molecule has 0 spiro atoms. The average molecular weight is 250 g/mol. The zero-order valence-electron chi connectivity index (χ0n) is 11.6. The summed E-state index contributed by atoms with van der Waals surface area (Å²) in [5, 5.41) is 8.93. The van der Waals surface area contributed by atoms with Crippen molar-refractivity contribution in [2.45, 2.75) is 34.1 Å².